The van der Waals surface area contributed by atoms with Crippen LogP contribution >= 0.6 is 0 Å². The maximum atomic E-state index is 14.2. The van der Waals surface area contributed by atoms with Crippen LogP contribution in [0.3, 0.4) is 0 Å². The van der Waals surface area contributed by atoms with Gasteiger partial charge in [-0.3, -0.25) is 13.9 Å². The molecule has 11 heteroatoms. The maximum absolute atomic E-state index is 14.2. The molecule has 2 amide bonds. The summed E-state index contributed by atoms with van der Waals surface area (Å²) in [6.45, 7) is 6.90. The molecule has 0 aromatic heterocycles. The highest BCUT2D eigenvalue weighted by Gasteiger charge is 2.35. The smallest absolute Gasteiger partial charge is 0.264 e. The number of ether oxygens (including phenoxy) is 3. The minimum Gasteiger partial charge on any atom is -0.497 e. The van der Waals surface area contributed by atoms with Crippen LogP contribution in [0.2, 0.25) is 0 Å². The molecule has 1 atom stereocenters. The molecule has 43 heavy (non-hydrogen) atoms. The Bertz CT molecular complexity index is 1490. The van der Waals surface area contributed by atoms with Crippen molar-refractivity contribution in [3.05, 3.63) is 78.4 Å². The largest absolute Gasteiger partial charge is 0.497 e. The Labute approximate surface area is 254 Å². The summed E-state index contributed by atoms with van der Waals surface area (Å²) >= 11 is 0. The van der Waals surface area contributed by atoms with Gasteiger partial charge < -0.3 is 24.4 Å². The van der Waals surface area contributed by atoms with Gasteiger partial charge in [0, 0.05) is 18.2 Å². The molecule has 0 heterocycles. The highest BCUT2D eigenvalue weighted by Crippen LogP contribution is 2.34. The molecule has 0 fully saturated rings. The van der Waals surface area contributed by atoms with Crippen LogP contribution in [-0.2, 0) is 26.2 Å². The number of sulfonamides is 1. The summed E-state index contributed by atoms with van der Waals surface area (Å²) in [7, 11) is 0.262. The van der Waals surface area contributed by atoms with Crippen LogP contribution in [-0.4, -0.2) is 64.6 Å². The number of carbonyl (C=O) groups is 2. The lowest BCUT2D eigenvalue weighted by atomic mass is 10.1. The van der Waals surface area contributed by atoms with Crippen molar-refractivity contribution in [2.75, 3.05) is 32.2 Å². The second kappa shape index (κ2) is 14.3. The minimum atomic E-state index is -4.22. The Balaban J connectivity index is 2.11. The number of benzene rings is 3. The van der Waals surface area contributed by atoms with Crippen LogP contribution in [0, 0.1) is 0 Å². The molecule has 0 saturated carbocycles. The van der Waals surface area contributed by atoms with Crippen LogP contribution in [0.4, 0.5) is 5.69 Å². The highest BCUT2D eigenvalue weighted by molar-refractivity contribution is 7.92. The molecule has 0 saturated heterocycles. The van der Waals surface area contributed by atoms with Gasteiger partial charge in [-0.1, -0.05) is 37.3 Å². The number of nitrogens with one attached hydrogen (secondary N) is 1. The summed E-state index contributed by atoms with van der Waals surface area (Å²) in [5, 5.41) is 2.96. The molecule has 0 bridgehead atoms. The van der Waals surface area contributed by atoms with E-state index >= 15 is 0 Å². The van der Waals surface area contributed by atoms with Crippen molar-refractivity contribution < 1.29 is 32.2 Å². The van der Waals surface area contributed by atoms with Crippen molar-refractivity contribution in [2.45, 2.75) is 57.1 Å². The summed E-state index contributed by atoms with van der Waals surface area (Å²) in [6.07, 6.45) is 0.311. The molecule has 1 N–H and O–H groups in total. The zero-order valence-electron chi connectivity index (χ0n) is 25.8. The lowest BCUT2D eigenvalue weighted by molar-refractivity contribution is -0.141. The number of methoxy groups -OCH3 is 3. The average molecular weight is 612 g/mol. The SMILES string of the molecule is CCC(C(=O)NC(C)(C)C)N(Cc1ccc(OC)cc1)C(=O)CN(c1ccc(OC)c(OC)c1)S(=O)(=O)c1ccccc1. The van der Waals surface area contributed by atoms with Crippen LogP contribution < -0.4 is 23.8 Å². The number of hydrogen-bond donors (Lipinski definition) is 1. The van der Waals surface area contributed by atoms with Gasteiger partial charge in [0.2, 0.25) is 11.8 Å². The second-order valence-electron chi connectivity index (χ2n) is 10.9. The Hall–Kier alpha value is -4.25. The van der Waals surface area contributed by atoms with Gasteiger partial charge in [0.05, 0.1) is 31.9 Å². The van der Waals surface area contributed by atoms with Gasteiger partial charge in [0.25, 0.3) is 10.0 Å². The first-order valence-corrected chi connectivity index (χ1v) is 15.3. The molecule has 10 nitrogen and oxygen atoms in total. The van der Waals surface area contributed by atoms with Crippen LogP contribution in [0.15, 0.2) is 77.7 Å². The molecule has 0 aliphatic rings. The van der Waals surface area contributed by atoms with Gasteiger partial charge in [0.1, 0.15) is 18.3 Å². The van der Waals surface area contributed by atoms with E-state index in [0.717, 1.165) is 9.87 Å². The van der Waals surface area contributed by atoms with E-state index in [0.29, 0.717) is 23.7 Å². The van der Waals surface area contributed by atoms with Gasteiger partial charge in [-0.15, -0.1) is 0 Å². The predicted molar refractivity (Wildman–Crippen MR) is 166 cm³/mol. The van der Waals surface area contributed by atoms with Gasteiger partial charge in [-0.2, -0.15) is 0 Å². The molecular formula is C32H41N3O7S. The van der Waals surface area contributed by atoms with Crippen molar-refractivity contribution in [3.8, 4) is 17.2 Å². The average Bonchev–Trinajstić information content (AvgIpc) is 2.99. The molecule has 0 radical (unpaired) electrons. The molecule has 1 unspecified atom stereocenters. The molecule has 3 aromatic rings. The van der Waals surface area contributed by atoms with Gasteiger partial charge in [-0.05, 0) is 69.2 Å². The fourth-order valence-electron chi connectivity index (χ4n) is 4.53. The van der Waals surface area contributed by atoms with E-state index < -0.39 is 34.1 Å². The Morgan fingerprint density at radius 1 is 0.860 bits per heavy atom. The summed E-state index contributed by atoms with van der Waals surface area (Å²) in [5.74, 6) is 0.460. The molecule has 232 valence electrons. The third kappa shape index (κ3) is 8.41. The zero-order valence-corrected chi connectivity index (χ0v) is 26.6. The van der Waals surface area contributed by atoms with Crippen molar-refractivity contribution in [1.82, 2.24) is 10.2 Å². The van der Waals surface area contributed by atoms with Crippen LogP contribution in [0.25, 0.3) is 0 Å². The third-order valence-electron chi connectivity index (χ3n) is 6.66. The van der Waals surface area contributed by atoms with E-state index in [1.54, 1.807) is 61.7 Å². The van der Waals surface area contributed by atoms with E-state index in [-0.39, 0.29) is 23.0 Å². The standard InChI is InChI=1S/C32H41N3O7S/c1-8-27(31(37)33-32(2,3)4)34(21-23-14-17-25(40-5)18-15-23)30(36)22-35(43(38,39)26-12-10-9-11-13-26)24-16-19-28(41-6)29(20-24)42-7/h9-20,27H,8,21-22H2,1-7H3,(H,33,37). The van der Waals surface area contributed by atoms with Gasteiger partial charge in [-0.25, -0.2) is 8.42 Å². The number of rotatable bonds is 13. The third-order valence-corrected chi connectivity index (χ3v) is 8.45. The normalized spacial score (nSPS) is 12.2. The molecule has 0 aliphatic heterocycles. The first kappa shape index (κ1) is 33.3. The van der Waals surface area contributed by atoms with Crippen LogP contribution in [0.1, 0.15) is 39.7 Å². The zero-order chi connectivity index (χ0) is 31.8. The number of anilines is 1. The highest BCUT2D eigenvalue weighted by atomic mass is 32.2. The molecule has 0 spiro atoms. The number of amides is 2. The van der Waals surface area contributed by atoms with Crippen molar-refractivity contribution >= 4 is 27.5 Å². The lowest BCUT2D eigenvalue weighted by Gasteiger charge is -2.35. The number of carbonyl (C=O) groups excluding carboxylic acids is 2. The summed E-state index contributed by atoms with van der Waals surface area (Å²) < 4.78 is 45.1. The van der Waals surface area contributed by atoms with E-state index in [1.807, 2.05) is 27.7 Å². The van der Waals surface area contributed by atoms with E-state index in [2.05, 4.69) is 5.32 Å². The number of hydrogen-bond acceptors (Lipinski definition) is 7. The Kier molecular flexibility index (Phi) is 11.0. The van der Waals surface area contributed by atoms with Crippen molar-refractivity contribution in [2.24, 2.45) is 0 Å². The molecular weight excluding hydrogens is 570 g/mol. The van der Waals surface area contributed by atoms with Crippen LogP contribution in [0.5, 0.6) is 17.2 Å². The predicted octanol–water partition coefficient (Wildman–Crippen LogP) is 4.63. The maximum Gasteiger partial charge on any atom is 0.264 e. The quantitative estimate of drug-likeness (QED) is 0.300. The van der Waals surface area contributed by atoms with Crippen molar-refractivity contribution in [1.29, 1.82) is 0 Å². The van der Waals surface area contributed by atoms with Crippen molar-refractivity contribution in [3.63, 3.8) is 0 Å². The van der Waals surface area contributed by atoms with E-state index in [9.17, 15) is 18.0 Å². The van der Waals surface area contributed by atoms with E-state index in [4.69, 9.17) is 14.2 Å². The topological polar surface area (TPSA) is 114 Å². The second-order valence-corrected chi connectivity index (χ2v) is 12.8. The van der Waals surface area contributed by atoms with Gasteiger partial charge in [0.15, 0.2) is 11.5 Å². The summed E-state index contributed by atoms with van der Waals surface area (Å²) in [5.41, 5.74) is 0.410. The van der Waals surface area contributed by atoms with E-state index in [1.165, 1.54) is 37.3 Å². The number of nitrogens with zero attached hydrogens (tertiary/aromatic N) is 2. The monoisotopic (exact) mass is 611 g/mol. The minimum absolute atomic E-state index is 0.0109. The first-order chi connectivity index (χ1) is 20.3. The molecule has 0 aliphatic carbocycles. The Morgan fingerprint density at radius 2 is 1.49 bits per heavy atom. The Morgan fingerprint density at radius 3 is 2.02 bits per heavy atom. The molecule has 3 rings (SSSR count). The lowest BCUT2D eigenvalue weighted by Crippen LogP contribution is -2.55. The molecule has 3 aromatic carbocycles. The summed E-state index contributed by atoms with van der Waals surface area (Å²) in [6, 6.07) is 18.8. The fourth-order valence-corrected chi connectivity index (χ4v) is 5.96. The summed E-state index contributed by atoms with van der Waals surface area (Å²) in [4.78, 5) is 29.1. The van der Waals surface area contributed by atoms with Gasteiger partial charge >= 0.3 is 0 Å². The first-order valence-electron chi connectivity index (χ1n) is 13.9. The fraction of sp³-hybridized carbons (Fsp3) is 0.375.